The number of hydrogen-bond acceptors (Lipinski definition) is 4. The first kappa shape index (κ1) is 15.2. The highest BCUT2D eigenvalue weighted by Crippen LogP contribution is 2.16. The third-order valence-electron chi connectivity index (χ3n) is 2.57. The Bertz CT molecular complexity index is 303. The van der Waals surface area contributed by atoms with Crippen LogP contribution in [0, 0.1) is 5.41 Å². The van der Waals surface area contributed by atoms with Gasteiger partial charge in [-0.1, -0.05) is 20.8 Å². The number of rotatable bonds is 8. The third-order valence-corrected chi connectivity index (χ3v) is 2.57. The molecular weight excluding hydrogens is 230 g/mol. The monoisotopic (exact) mass is 255 g/mol. The van der Waals surface area contributed by atoms with Gasteiger partial charge in [-0.15, -0.1) is 0 Å². The van der Waals surface area contributed by atoms with Crippen molar-refractivity contribution in [2.75, 3.05) is 19.7 Å². The van der Waals surface area contributed by atoms with Crippen molar-refractivity contribution in [3.05, 3.63) is 24.2 Å². The molecule has 18 heavy (non-hydrogen) atoms. The summed E-state index contributed by atoms with van der Waals surface area (Å²) < 4.78 is 10.5. The van der Waals surface area contributed by atoms with Gasteiger partial charge in [-0.3, -0.25) is 0 Å². The first-order valence-electron chi connectivity index (χ1n) is 6.46. The average molecular weight is 255 g/mol. The van der Waals surface area contributed by atoms with Crippen molar-refractivity contribution in [3.8, 4) is 0 Å². The van der Waals surface area contributed by atoms with Crippen LogP contribution in [0.3, 0.4) is 0 Å². The molecular formula is C14H25NO3. The van der Waals surface area contributed by atoms with E-state index in [2.05, 4.69) is 26.1 Å². The lowest BCUT2D eigenvalue weighted by Gasteiger charge is -2.19. The molecule has 0 amide bonds. The topological polar surface area (TPSA) is 54.6 Å². The smallest absolute Gasteiger partial charge is 0.129 e. The van der Waals surface area contributed by atoms with Gasteiger partial charge in [-0.05, 0) is 30.5 Å². The Labute approximate surface area is 109 Å². The van der Waals surface area contributed by atoms with Crippen molar-refractivity contribution in [1.29, 1.82) is 0 Å². The minimum absolute atomic E-state index is 0.323. The lowest BCUT2D eigenvalue weighted by Crippen LogP contribution is -2.32. The molecule has 0 aliphatic carbocycles. The van der Waals surface area contributed by atoms with Crippen molar-refractivity contribution in [1.82, 2.24) is 5.32 Å². The molecule has 1 unspecified atom stereocenters. The zero-order valence-electron chi connectivity index (χ0n) is 11.6. The molecule has 1 aromatic rings. The Hall–Kier alpha value is -0.840. The van der Waals surface area contributed by atoms with Gasteiger partial charge in [0.15, 0.2) is 0 Å². The van der Waals surface area contributed by atoms with Gasteiger partial charge in [0.25, 0.3) is 0 Å². The number of nitrogens with one attached hydrogen (secondary N) is 1. The molecule has 2 N–H and O–H groups in total. The number of aliphatic hydroxyl groups is 1. The summed E-state index contributed by atoms with van der Waals surface area (Å²) in [6.45, 7) is 8.83. The Morgan fingerprint density at radius 1 is 1.44 bits per heavy atom. The Morgan fingerprint density at radius 3 is 2.83 bits per heavy atom. The average Bonchev–Trinajstić information content (AvgIpc) is 2.76. The number of aliphatic hydroxyl groups excluding tert-OH is 1. The summed E-state index contributed by atoms with van der Waals surface area (Å²) in [6, 6.07) is 3.68. The van der Waals surface area contributed by atoms with Gasteiger partial charge in [0.2, 0.25) is 0 Å². The van der Waals surface area contributed by atoms with E-state index in [0.29, 0.717) is 25.2 Å². The summed E-state index contributed by atoms with van der Waals surface area (Å²) in [7, 11) is 0. The van der Waals surface area contributed by atoms with E-state index >= 15 is 0 Å². The van der Waals surface area contributed by atoms with Crippen molar-refractivity contribution < 1.29 is 14.3 Å². The second kappa shape index (κ2) is 7.56. The van der Waals surface area contributed by atoms with Crippen molar-refractivity contribution >= 4 is 0 Å². The summed E-state index contributed by atoms with van der Waals surface area (Å²) >= 11 is 0. The highest BCUT2D eigenvalue weighted by molar-refractivity contribution is 4.96. The lowest BCUT2D eigenvalue weighted by molar-refractivity contribution is 0.0225. The van der Waals surface area contributed by atoms with Gasteiger partial charge >= 0.3 is 0 Å². The van der Waals surface area contributed by atoms with E-state index in [0.717, 1.165) is 18.7 Å². The molecule has 4 nitrogen and oxygen atoms in total. The summed E-state index contributed by atoms with van der Waals surface area (Å²) in [6.07, 6.45) is 2.23. The van der Waals surface area contributed by atoms with E-state index in [-0.39, 0.29) is 0 Å². The first-order chi connectivity index (χ1) is 8.47. The van der Waals surface area contributed by atoms with Crippen molar-refractivity contribution in [3.63, 3.8) is 0 Å². The Morgan fingerprint density at radius 2 is 2.22 bits per heavy atom. The first-order valence-corrected chi connectivity index (χ1v) is 6.46. The van der Waals surface area contributed by atoms with Crippen LogP contribution in [0.4, 0.5) is 0 Å². The maximum Gasteiger partial charge on any atom is 0.129 e. The zero-order chi connectivity index (χ0) is 13.4. The van der Waals surface area contributed by atoms with Crippen molar-refractivity contribution in [2.45, 2.75) is 39.9 Å². The second-order valence-corrected chi connectivity index (χ2v) is 5.76. The van der Waals surface area contributed by atoms with E-state index in [9.17, 15) is 5.11 Å². The van der Waals surface area contributed by atoms with Crippen LogP contribution in [0.25, 0.3) is 0 Å². The Kier molecular flexibility index (Phi) is 6.39. The standard InChI is InChI=1S/C14H25NO3/c1-14(2,3)6-7-15-9-12(16)10-17-11-13-5-4-8-18-13/h4-5,8,12,15-16H,6-7,9-11H2,1-3H3. The van der Waals surface area contributed by atoms with Crippen LogP contribution < -0.4 is 5.32 Å². The second-order valence-electron chi connectivity index (χ2n) is 5.76. The molecule has 4 heteroatoms. The summed E-state index contributed by atoms with van der Waals surface area (Å²) in [5.41, 5.74) is 0.327. The quantitative estimate of drug-likeness (QED) is 0.699. The molecule has 0 radical (unpaired) electrons. The normalized spacial score (nSPS) is 13.8. The van der Waals surface area contributed by atoms with Gasteiger partial charge in [0, 0.05) is 6.54 Å². The summed E-state index contributed by atoms with van der Waals surface area (Å²) in [5, 5.41) is 12.9. The molecule has 0 fully saturated rings. The molecule has 0 saturated carbocycles. The molecule has 0 bridgehead atoms. The Balaban J connectivity index is 1.99. The molecule has 0 aliphatic heterocycles. The molecule has 0 aliphatic rings. The molecule has 0 saturated heterocycles. The molecule has 0 aromatic carbocycles. The van der Waals surface area contributed by atoms with Crippen LogP contribution in [0.2, 0.25) is 0 Å². The van der Waals surface area contributed by atoms with Gasteiger partial charge in [-0.2, -0.15) is 0 Å². The number of furan rings is 1. The summed E-state index contributed by atoms with van der Waals surface area (Å²) in [5.74, 6) is 0.780. The fourth-order valence-electron chi connectivity index (χ4n) is 1.48. The van der Waals surface area contributed by atoms with Crippen molar-refractivity contribution in [2.24, 2.45) is 5.41 Å². The van der Waals surface area contributed by atoms with Crippen LogP contribution >= 0.6 is 0 Å². The largest absolute Gasteiger partial charge is 0.467 e. The van der Waals surface area contributed by atoms with E-state index in [1.54, 1.807) is 6.26 Å². The van der Waals surface area contributed by atoms with Crippen LogP contribution in [0.15, 0.2) is 22.8 Å². The van der Waals surface area contributed by atoms with Crippen LogP contribution in [0.1, 0.15) is 33.0 Å². The fraction of sp³-hybridized carbons (Fsp3) is 0.714. The molecule has 1 aromatic heterocycles. The summed E-state index contributed by atoms with van der Waals surface area (Å²) in [4.78, 5) is 0. The predicted octanol–water partition coefficient (Wildman–Crippen LogP) is 2.18. The maximum atomic E-state index is 9.69. The fourth-order valence-corrected chi connectivity index (χ4v) is 1.48. The lowest BCUT2D eigenvalue weighted by atomic mass is 9.92. The van der Waals surface area contributed by atoms with Crippen LogP contribution in [0.5, 0.6) is 0 Å². The number of hydrogen-bond donors (Lipinski definition) is 2. The molecule has 1 rings (SSSR count). The van der Waals surface area contributed by atoms with E-state index < -0.39 is 6.10 Å². The van der Waals surface area contributed by atoms with Gasteiger partial charge in [0.05, 0.1) is 19.0 Å². The predicted molar refractivity (Wildman–Crippen MR) is 71.3 cm³/mol. The van der Waals surface area contributed by atoms with Crippen LogP contribution in [-0.2, 0) is 11.3 Å². The highest BCUT2D eigenvalue weighted by atomic mass is 16.5. The molecule has 0 spiro atoms. The van der Waals surface area contributed by atoms with Gasteiger partial charge in [0.1, 0.15) is 12.4 Å². The van der Waals surface area contributed by atoms with Gasteiger partial charge in [-0.25, -0.2) is 0 Å². The molecule has 1 heterocycles. The van der Waals surface area contributed by atoms with E-state index in [1.807, 2.05) is 12.1 Å². The molecule has 104 valence electrons. The SMILES string of the molecule is CC(C)(C)CCNCC(O)COCc1ccco1. The van der Waals surface area contributed by atoms with E-state index in [1.165, 1.54) is 0 Å². The maximum absolute atomic E-state index is 9.69. The van der Waals surface area contributed by atoms with Crippen LogP contribution in [-0.4, -0.2) is 30.9 Å². The van der Waals surface area contributed by atoms with E-state index in [4.69, 9.17) is 9.15 Å². The highest BCUT2D eigenvalue weighted by Gasteiger charge is 2.10. The third kappa shape index (κ3) is 7.48. The zero-order valence-corrected chi connectivity index (χ0v) is 11.6. The minimum atomic E-state index is -0.472. The molecule has 1 atom stereocenters. The minimum Gasteiger partial charge on any atom is -0.467 e. The van der Waals surface area contributed by atoms with Gasteiger partial charge < -0.3 is 19.6 Å². The number of ether oxygens (including phenoxy) is 1.